The minimum Gasteiger partial charge on any atom is -0.310 e. The summed E-state index contributed by atoms with van der Waals surface area (Å²) < 4.78 is 7.30. The van der Waals surface area contributed by atoms with Gasteiger partial charge in [0.05, 0.1) is 33.3 Å². The van der Waals surface area contributed by atoms with Crippen LogP contribution in [0.2, 0.25) is 0 Å². The van der Waals surface area contributed by atoms with Gasteiger partial charge < -0.3 is 13.7 Å². The van der Waals surface area contributed by atoms with Gasteiger partial charge >= 0.3 is 0 Å². The number of fused-ring (bicyclic) bond motifs is 9. The van der Waals surface area contributed by atoms with Crippen molar-refractivity contribution in [1.82, 2.24) is 18.7 Å². The van der Waals surface area contributed by atoms with Crippen LogP contribution in [0.3, 0.4) is 0 Å². The Kier molecular flexibility index (Phi) is 7.39. The number of rotatable bonds is 5. The van der Waals surface area contributed by atoms with Gasteiger partial charge in [-0.2, -0.15) is 0 Å². The molecule has 0 aliphatic heterocycles. The monoisotopic (exact) mass is 742 g/mol. The first-order valence-corrected chi connectivity index (χ1v) is 20.2. The van der Waals surface area contributed by atoms with Crippen LogP contribution in [0.4, 0.5) is 0 Å². The van der Waals surface area contributed by atoms with Crippen molar-refractivity contribution < 1.29 is 0 Å². The lowest BCUT2D eigenvalue weighted by Crippen LogP contribution is -2.08. The molecule has 2 unspecified atom stereocenters. The van der Waals surface area contributed by atoms with Crippen molar-refractivity contribution in [3.05, 3.63) is 223 Å². The normalized spacial score (nSPS) is 16.4. The minimum absolute atomic E-state index is 0.0866. The van der Waals surface area contributed by atoms with Crippen LogP contribution in [0.15, 0.2) is 200 Å². The summed E-state index contributed by atoms with van der Waals surface area (Å²) in [5, 5.41) is 6.37. The summed E-state index contributed by atoms with van der Waals surface area (Å²) in [6, 6.07) is 57.5. The second-order valence-electron chi connectivity index (χ2n) is 15.5. The van der Waals surface area contributed by atoms with Crippen LogP contribution in [0.5, 0.6) is 0 Å². The third-order valence-corrected chi connectivity index (χ3v) is 12.3. The summed E-state index contributed by atoms with van der Waals surface area (Å²) in [5.74, 6) is 0.317. The lowest BCUT2D eigenvalue weighted by Gasteiger charge is -2.20. The molecule has 58 heavy (non-hydrogen) atoms. The first kappa shape index (κ1) is 32.8. The molecule has 12 rings (SSSR count). The number of pyridine rings is 1. The van der Waals surface area contributed by atoms with Gasteiger partial charge in [0.15, 0.2) is 0 Å². The number of nitrogens with zero attached hydrogens (tertiary/aromatic N) is 4. The maximum atomic E-state index is 4.70. The smallest absolute Gasteiger partial charge is 0.0542 e. The number of aromatic nitrogens is 4. The molecule has 4 heteroatoms. The number of para-hydroxylation sites is 4. The molecule has 6 aromatic carbocycles. The van der Waals surface area contributed by atoms with Gasteiger partial charge in [0.1, 0.15) is 0 Å². The highest BCUT2D eigenvalue weighted by Crippen LogP contribution is 2.42. The van der Waals surface area contributed by atoms with Crippen LogP contribution >= 0.6 is 0 Å². The van der Waals surface area contributed by atoms with Crippen molar-refractivity contribution in [2.75, 3.05) is 0 Å². The minimum atomic E-state index is 0.0866. The maximum Gasteiger partial charge on any atom is 0.0542 e. The molecular weight excluding hydrogens is 705 g/mol. The lowest BCUT2D eigenvalue weighted by molar-refractivity contribution is 0.827. The molecule has 0 saturated heterocycles. The van der Waals surface area contributed by atoms with Crippen LogP contribution in [-0.2, 0) is 6.42 Å². The van der Waals surface area contributed by atoms with E-state index < -0.39 is 0 Å². The number of allylic oxidation sites excluding steroid dienone is 7. The van der Waals surface area contributed by atoms with E-state index in [1.165, 1.54) is 77.0 Å². The molecule has 4 aromatic heterocycles. The topological polar surface area (TPSA) is 27.7 Å². The molecule has 274 valence electrons. The Bertz CT molecular complexity index is 3310. The Morgan fingerprint density at radius 1 is 0.466 bits per heavy atom. The van der Waals surface area contributed by atoms with Gasteiger partial charge in [-0.15, -0.1) is 0 Å². The second kappa shape index (κ2) is 13.1. The predicted octanol–water partition coefficient (Wildman–Crippen LogP) is 13.3. The van der Waals surface area contributed by atoms with Crippen molar-refractivity contribution in [1.29, 1.82) is 0 Å². The van der Waals surface area contributed by atoms with Crippen molar-refractivity contribution >= 4 is 66.3 Å². The highest BCUT2D eigenvalue weighted by Gasteiger charge is 2.26. The van der Waals surface area contributed by atoms with Gasteiger partial charge in [-0.3, -0.25) is 4.98 Å². The van der Waals surface area contributed by atoms with Crippen LogP contribution in [0.25, 0.3) is 77.7 Å². The summed E-state index contributed by atoms with van der Waals surface area (Å²) in [6.07, 6.45) is 18.7. The maximum absolute atomic E-state index is 4.70. The van der Waals surface area contributed by atoms with Gasteiger partial charge in [0.2, 0.25) is 0 Å². The fraction of sp³-hybridized carbons (Fsp3) is 0.0556. The lowest BCUT2D eigenvalue weighted by atomic mass is 9.86. The number of hydrogen-bond acceptors (Lipinski definition) is 1. The van der Waals surface area contributed by atoms with Crippen molar-refractivity contribution in [2.45, 2.75) is 18.3 Å². The Morgan fingerprint density at radius 2 is 1.10 bits per heavy atom. The second-order valence-corrected chi connectivity index (χ2v) is 15.5. The van der Waals surface area contributed by atoms with Crippen molar-refractivity contribution in [2.24, 2.45) is 0 Å². The molecule has 0 amide bonds. The van der Waals surface area contributed by atoms with E-state index in [1.54, 1.807) is 0 Å². The molecule has 4 heterocycles. The van der Waals surface area contributed by atoms with E-state index in [0.29, 0.717) is 0 Å². The first-order valence-electron chi connectivity index (χ1n) is 20.2. The molecule has 0 N–H and O–H groups in total. The molecule has 10 aromatic rings. The molecule has 4 nitrogen and oxygen atoms in total. The first-order chi connectivity index (χ1) is 28.8. The molecule has 2 aliphatic rings. The zero-order valence-electron chi connectivity index (χ0n) is 31.8. The van der Waals surface area contributed by atoms with Crippen molar-refractivity contribution in [3.63, 3.8) is 0 Å². The zero-order chi connectivity index (χ0) is 38.2. The Balaban J connectivity index is 1.01. The Labute approximate surface area is 336 Å². The van der Waals surface area contributed by atoms with Crippen molar-refractivity contribution in [3.8, 4) is 11.4 Å². The van der Waals surface area contributed by atoms with E-state index in [0.717, 1.165) is 23.5 Å². The predicted molar refractivity (Wildman–Crippen MR) is 242 cm³/mol. The highest BCUT2D eigenvalue weighted by atomic mass is 15.0. The number of benzene rings is 6. The largest absolute Gasteiger partial charge is 0.310 e. The SMILES string of the molecule is C1=CC(n2c3c(c4ccccc42)CC(c2ccc4c(c2)c2cc(-n5c6ccccc6c6ccccc65)ccc2n4-c2ccccc2)C=C3)=CC(c2ccccn2)C=C1. The van der Waals surface area contributed by atoms with Crippen LogP contribution in [-0.4, -0.2) is 18.7 Å². The van der Waals surface area contributed by atoms with E-state index in [1.807, 2.05) is 12.3 Å². The van der Waals surface area contributed by atoms with Crippen LogP contribution in [0, 0.1) is 0 Å². The number of hydrogen-bond donors (Lipinski definition) is 0. The third kappa shape index (κ3) is 5.05. The molecular formula is C54H38N4. The molecule has 0 saturated carbocycles. The third-order valence-electron chi connectivity index (χ3n) is 12.3. The van der Waals surface area contributed by atoms with Gasteiger partial charge in [-0.1, -0.05) is 109 Å². The van der Waals surface area contributed by atoms with E-state index in [2.05, 4.69) is 208 Å². The summed E-state index contributed by atoms with van der Waals surface area (Å²) in [5.41, 5.74) is 14.6. The Hall–Kier alpha value is -7.43. The summed E-state index contributed by atoms with van der Waals surface area (Å²) in [6.45, 7) is 0. The molecule has 0 fully saturated rings. The molecule has 2 atom stereocenters. The standard InChI is InChI=1S/C54H38N4/c1-2-15-39(16-3-1)56-53-29-26-37(34-46(53)47-35-41(27-30-54(47)56)58-49-22-9-6-18-42(49)43-19-7-10-23-50(43)58)36-25-28-52-45(33-36)44-20-8-11-24-51(44)57(52)40-17-5-4-14-38(32-40)48-21-12-13-31-55-48/h1-32,34-36,38H,33H2. The van der Waals surface area contributed by atoms with Gasteiger partial charge in [0.25, 0.3) is 0 Å². The average molecular weight is 743 g/mol. The van der Waals surface area contributed by atoms with Gasteiger partial charge in [-0.05, 0) is 109 Å². The quantitative estimate of drug-likeness (QED) is 0.173. The summed E-state index contributed by atoms with van der Waals surface area (Å²) >= 11 is 0. The van der Waals surface area contributed by atoms with E-state index in [9.17, 15) is 0 Å². The van der Waals surface area contributed by atoms with E-state index in [4.69, 9.17) is 4.98 Å². The summed E-state index contributed by atoms with van der Waals surface area (Å²) in [4.78, 5) is 4.70. The fourth-order valence-electron chi connectivity index (χ4n) is 9.71. The summed E-state index contributed by atoms with van der Waals surface area (Å²) in [7, 11) is 0. The zero-order valence-corrected chi connectivity index (χ0v) is 31.8. The van der Waals surface area contributed by atoms with E-state index in [-0.39, 0.29) is 11.8 Å². The Morgan fingerprint density at radius 3 is 1.86 bits per heavy atom. The van der Waals surface area contributed by atoms with Crippen LogP contribution in [0.1, 0.15) is 34.4 Å². The van der Waals surface area contributed by atoms with Gasteiger partial charge in [0, 0.05) is 67.7 Å². The van der Waals surface area contributed by atoms with Crippen LogP contribution < -0.4 is 0 Å². The fourth-order valence-corrected chi connectivity index (χ4v) is 9.71. The molecule has 2 aliphatic carbocycles. The highest BCUT2D eigenvalue weighted by molar-refractivity contribution is 6.12. The molecule has 0 bridgehead atoms. The molecule has 0 radical (unpaired) electrons. The molecule has 0 spiro atoms. The van der Waals surface area contributed by atoms with E-state index >= 15 is 0 Å². The average Bonchev–Trinajstić information content (AvgIpc) is 3.84. The van der Waals surface area contributed by atoms with Gasteiger partial charge in [-0.25, -0.2) is 0 Å².